The third kappa shape index (κ3) is 3.60. The normalized spacial score (nSPS) is 15.4. The number of anilines is 1. The van der Waals surface area contributed by atoms with Gasteiger partial charge in [-0.3, -0.25) is 0 Å². The maximum absolute atomic E-state index is 14.7. The number of hydrogen-bond acceptors (Lipinski definition) is 4. The fraction of sp³-hybridized carbons (Fsp3) is 0.190. The van der Waals surface area contributed by atoms with Crippen LogP contribution in [-0.2, 0) is 11.2 Å². The predicted octanol–water partition coefficient (Wildman–Crippen LogP) is 3.79. The van der Waals surface area contributed by atoms with E-state index in [9.17, 15) is 22.8 Å². The molecule has 2 heterocycles. The minimum absolute atomic E-state index is 0.131. The zero-order valence-electron chi connectivity index (χ0n) is 16.3. The first-order chi connectivity index (χ1) is 14.9. The van der Waals surface area contributed by atoms with Crippen molar-refractivity contribution >= 4 is 17.7 Å². The Morgan fingerprint density at radius 1 is 1.16 bits per heavy atom. The number of imidazole rings is 1. The van der Waals surface area contributed by atoms with Crippen molar-refractivity contribution in [2.24, 2.45) is 0 Å². The van der Waals surface area contributed by atoms with Gasteiger partial charge in [-0.05, 0) is 18.2 Å². The Morgan fingerprint density at radius 2 is 1.94 bits per heavy atom. The molecule has 0 bridgehead atoms. The summed E-state index contributed by atoms with van der Waals surface area (Å²) in [6, 6.07) is 6.35. The molecular weight excluding hydrogens is 413 g/mol. The number of hydrogen-bond donors (Lipinski definition) is 2. The van der Waals surface area contributed by atoms with E-state index in [1.807, 2.05) is 0 Å². The quantitative estimate of drug-likeness (QED) is 0.489. The van der Waals surface area contributed by atoms with Crippen LogP contribution in [0.1, 0.15) is 33.4 Å². The van der Waals surface area contributed by atoms with Gasteiger partial charge in [0.2, 0.25) is 0 Å². The number of rotatable bonds is 3. The number of nitrogens with zero attached hydrogens (tertiary/aromatic N) is 2. The number of urea groups is 1. The lowest BCUT2D eigenvalue weighted by atomic mass is 9.95. The Kier molecular flexibility index (Phi) is 5.37. The van der Waals surface area contributed by atoms with Crippen LogP contribution < -0.4 is 5.32 Å². The molecule has 2 amide bonds. The van der Waals surface area contributed by atoms with Crippen molar-refractivity contribution in [3.63, 3.8) is 0 Å². The Balaban J connectivity index is 1.73. The first-order valence-electron chi connectivity index (χ1n) is 9.33. The number of benzene rings is 2. The number of carbonyl (C=O) groups excluding carboxylic acids is 2. The standard InChI is InChI=1S/C21H17F3N4O3/c1-31-20(29)11-4-2-3-5-14(11)27-21(30)28-9-8-15-18(26-10-25-15)19(28)12-6-7-13(22)17(24)16(12)23/h2-7,10,19H,8-9H2,1H3,(H,25,26)(H,27,30)/t19-/m0/s1. The van der Waals surface area contributed by atoms with E-state index in [1.54, 1.807) is 12.1 Å². The number of carbonyl (C=O) groups is 2. The summed E-state index contributed by atoms with van der Waals surface area (Å²) in [6.45, 7) is 0.143. The number of aromatic amines is 1. The van der Waals surface area contributed by atoms with Crippen molar-refractivity contribution in [2.75, 3.05) is 19.0 Å². The molecule has 0 radical (unpaired) electrons. The average molecular weight is 430 g/mol. The van der Waals surface area contributed by atoms with E-state index >= 15 is 0 Å². The van der Waals surface area contributed by atoms with Gasteiger partial charge in [-0.15, -0.1) is 0 Å². The van der Waals surface area contributed by atoms with Gasteiger partial charge in [0, 0.05) is 24.2 Å². The highest BCUT2D eigenvalue weighted by molar-refractivity contribution is 6.01. The van der Waals surface area contributed by atoms with Crippen molar-refractivity contribution in [1.29, 1.82) is 0 Å². The van der Waals surface area contributed by atoms with Crippen LogP contribution in [0.3, 0.4) is 0 Å². The molecule has 3 aromatic rings. The Morgan fingerprint density at radius 3 is 2.71 bits per heavy atom. The molecule has 1 aromatic heterocycles. The number of H-pyrrole nitrogens is 1. The van der Waals surface area contributed by atoms with Gasteiger partial charge in [0.1, 0.15) is 6.04 Å². The molecular formula is C21H17F3N4O3. The van der Waals surface area contributed by atoms with E-state index in [0.29, 0.717) is 17.8 Å². The molecule has 0 saturated heterocycles. The Hall–Kier alpha value is -3.82. The van der Waals surface area contributed by atoms with Gasteiger partial charge < -0.3 is 19.9 Å². The van der Waals surface area contributed by atoms with Crippen LogP contribution in [0.5, 0.6) is 0 Å². The Bertz CT molecular complexity index is 1160. The highest BCUT2D eigenvalue weighted by Crippen LogP contribution is 2.36. The molecule has 31 heavy (non-hydrogen) atoms. The van der Waals surface area contributed by atoms with Gasteiger partial charge in [-0.2, -0.15) is 0 Å². The molecule has 160 valence electrons. The van der Waals surface area contributed by atoms with Crippen molar-refractivity contribution in [3.8, 4) is 0 Å². The molecule has 1 aliphatic heterocycles. The molecule has 1 aliphatic rings. The number of fused-ring (bicyclic) bond motifs is 1. The number of ether oxygens (including phenoxy) is 1. The smallest absolute Gasteiger partial charge is 0.339 e. The second kappa shape index (κ2) is 8.13. The highest BCUT2D eigenvalue weighted by atomic mass is 19.2. The van der Waals surface area contributed by atoms with Crippen molar-refractivity contribution in [2.45, 2.75) is 12.5 Å². The number of nitrogens with one attached hydrogen (secondary N) is 2. The Labute approximate surface area is 174 Å². The second-order valence-corrected chi connectivity index (χ2v) is 6.84. The molecule has 2 aromatic carbocycles. The van der Waals surface area contributed by atoms with Crippen LogP contribution in [0.25, 0.3) is 0 Å². The lowest BCUT2D eigenvalue weighted by Gasteiger charge is -2.35. The van der Waals surface area contributed by atoms with E-state index in [1.165, 1.54) is 30.5 Å². The van der Waals surface area contributed by atoms with Crippen LogP contribution in [0.2, 0.25) is 0 Å². The summed E-state index contributed by atoms with van der Waals surface area (Å²) in [4.78, 5) is 33.5. The number of amides is 2. The molecule has 2 N–H and O–H groups in total. The van der Waals surface area contributed by atoms with Gasteiger partial charge in [0.15, 0.2) is 17.5 Å². The van der Waals surface area contributed by atoms with Crippen LogP contribution >= 0.6 is 0 Å². The van der Waals surface area contributed by atoms with Crippen molar-refractivity contribution in [3.05, 3.63) is 82.7 Å². The maximum atomic E-state index is 14.7. The molecule has 0 fully saturated rings. The lowest BCUT2D eigenvalue weighted by molar-refractivity contribution is 0.0602. The molecule has 7 nitrogen and oxygen atoms in total. The first kappa shape index (κ1) is 20.5. The van der Waals surface area contributed by atoms with Gasteiger partial charge in [-0.1, -0.05) is 18.2 Å². The minimum atomic E-state index is -1.63. The largest absolute Gasteiger partial charge is 0.465 e. The van der Waals surface area contributed by atoms with Crippen LogP contribution in [0, 0.1) is 17.5 Å². The number of para-hydroxylation sites is 1. The first-order valence-corrected chi connectivity index (χ1v) is 9.33. The fourth-order valence-corrected chi connectivity index (χ4v) is 3.63. The predicted molar refractivity (Wildman–Crippen MR) is 104 cm³/mol. The van der Waals surface area contributed by atoms with Gasteiger partial charge in [-0.25, -0.2) is 27.7 Å². The highest BCUT2D eigenvalue weighted by Gasteiger charge is 2.37. The summed E-state index contributed by atoms with van der Waals surface area (Å²) in [6.07, 6.45) is 1.78. The van der Waals surface area contributed by atoms with E-state index in [4.69, 9.17) is 4.74 Å². The van der Waals surface area contributed by atoms with E-state index in [-0.39, 0.29) is 23.4 Å². The topological polar surface area (TPSA) is 87.3 Å². The number of methoxy groups -OCH3 is 1. The van der Waals surface area contributed by atoms with Crippen molar-refractivity contribution in [1.82, 2.24) is 14.9 Å². The zero-order chi connectivity index (χ0) is 22.1. The fourth-order valence-electron chi connectivity index (χ4n) is 3.63. The average Bonchev–Trinajstić information content (AvgIpc) is 3.26. The van der Waals surface area contributed by atoms with Crippen LogP contribution in [0.4, 0.5) is 23.7 Å². The monoisotopic (exact) mass is 430 g/mol. The van der Waals surface area contributed by atoms with E-state index < -0.39 is 35.5 Å². The minimum Gasteiger partial charge on any atom is -0.465 e. The molecule has 0 spiro atoms. The SMILES string of the molecule is COC(=O)c1ccccc1NC(=O)N1CCc2[nH]cnc2[C@@H]1c1ccc(F)c(F)c1F. The summed E-state index contributed by atoms with van der Waals surface area (Å²) < 4.78 is 46.8. The van der Waals surface area contributed by atoms with E-state index in [0.717, 1.165) is 12.1 Å². The van der Waals surface area contributed by atoms with Gasteiger partial charge >= 0.3 is 12.0 Å². The summed E-state index contributed by atoms with van der Waals surface area (Å²) in [5, 5.41) is 2.62. The second-order valence-electron chi connectivity index (χ2n) is 6.84. The number of halogens is 3. The molecule has 0 aliphatic carbocycles. The molecule has 0 unspecified atom stereocenters. The van der Waals surface area contributed by atoms with Crippen LogP contribution in [-0.4, -0.2) is 40.5 Å². The molecule has 1 atom stereocenters. The molecule has 4 rings (SSSR count). The summed E-state index contributed by atoms with van der Waals surface area (Å²) in [7, 11) is 1.21. The molecule has 0 saturated carbocycles. The third-order valence-corrected chi connectivity index (χ3v) is 5.12. The van der Waals surface area contributed by atoms with E-state index in [2.05, 4.69) is 15.3 Å². The number of aromatic nitrogens is 2. The summed E-state index contributed by atoms with van der Waals surface area (Å²) in [5.74, 6) is -5.00. The van der Waals surface area contributed by atoms with Gasteiger partial charge in [0.05, 0.1) is 30.4 Å². The summed E-state index contributed by atoms with van der Waals surface area (Å²) in [5.41, 5.74) is 1.08. The lowest BCUT2D eigenvalue weighted by Crippen LogP contribution is -2.43. The third-order valence-electron chi connectivity index (χ3n) is 5.12. The zero-order valence-corrected chi connectivity index (χ0v) is 16.3. The number of esters is 1. The molecule has 10 heteroatoms. The maximum Gasteiger partial charge on any atom is 0.339 e. The van der Waals surface area contributed by atoms with Crippen molar-refractivity contribution < 1.29 is 27.5 Å². The summed E-state index contributed by atoms with van der Waals surface area (Å²) >= 11 is 0. The van der Waals surface area contributed by atoms with Crippen LogP contribution in [0.15, 0.2) is 42.7 Å². The van der Waals surface area contributed by atoms with Gasteiger partial charge in [0.25, 0.3) is 0 Å².